The number of H-pyrrole nitrogens is 2. The molecule has 0 radical (unpaired) electrons. The second-order valence-corrected chi connectivity index (χ2v) is 8.50. The molecule has 0 fully saturated rings. The van der Waals surface area contributed by atoms with Crippen LogP contribution in [0.25, 0.3) is 10.9 Å². The summed E-state index contributed by atoms with van der Waals surface area (Å²) in [6, 6.07) is 10.2. The Kier molecular flexibility index (Phi) is 4.19. The third-order valence-electron chi connectivity index (χ3n) is 4.25. The normalized spacial score (nSPS) is 12.8. The highest BCUT2D eigenvalue weighted by atomic mass is 15.2. The molecule has 3 rings (SSSR count). The minimum atomic E-state index is -0.243. The van der Waals surface area contributed by atoms with Crippen LogP contribution in [0, 0.1) is 11.3 Å². The number of rotatable bonds is 2. The predicted molar refractivity (Wildman–Crippen MR) is 103 cm³/mol. The molecule has 26 heavy (non-hydrogen) atoms. The zero-order chi connectivity index (χ0) is 19.1. The van der Waals surface area contributed by atoms with Gasteiger partial charge in [0.25, 0.3) is 0 Å². The van der Waals surface area contributed by atoms with Crippen LogP contribution in [-0.2, 0) is 10.8 Å². The summed E-state index contributed by atoms with van der Waals surface area (Å²) in [5.41, 5.74) is 3.61. The van der Waals surface area contributed by atoms with Crippen molar-refractivity contribution in [3.05, 3.63) is 41.2 Å². The van der Waals surface area contributed by atoms with Gasteiger partial charge in [-0.1, -0.05) is 59.7 Å². The van der Waals surface area contributed by atoms with Crippen molar-refractivity contribution in [3.8, 4) is 6.07 Å². The zero-order valence-corrected chi connectivity index (χ0v) is 16.1. The summed E-state index contributed by atoms with van der Waals surface area (Å²) < 4.78 is 0. The summed E-state index contributed by atoms with van der Waals surface area (Å²) in [6.07, 6.45) is 0. The number of fused-ring (bicyclic) bond motifs is 1. The molecule has 1 aromatic carbocycles. The van der Waals surface area contributed by atoms with Gasteiger partial charge in [-0.25, -0.2) is 0 Å². The van der Waals surface area contributed by atoms with E-state index in [1.807, 2.05) is 45.0 Å². The number of benzene rings is 1. The van der Waals surface area contributed by atoms with E-state index >= 15 is 0 Å². The number of azo groups is 1. The highest BCUT2D eigenvalue weighted by molar-refractivity contribution is 5.93. The molecule has 0 amide bonds. The summed E-state index contributed by atoms with van der Waals surface area (Å²) in [6.45, 7) is 12.4. The third-order valence-corrected chi connectivity index (χ3v) is 4.25. The Morgan fingerprint density at radius 3 is 2.31 bits per heavy atom. The van der Waals surface area contributed by atoms with E-state index in [2.05, 4.69) is 52.3 Å². The molecule has 0 bridgehead atoms. The maximum Gasteiger partial charge on any atom is 0.188 e. The van der Waals surface area contributed by atoms with Gasteiger partial charge in [0.2, 0.25) is 0 Å². The number of para-hydroxylation sites is 1. The molecule has 6 nitrogen and oxygen atoms in total. The van der Waals surface area contributed by atoms with Gasteiger partial charge in [-0.2, -0.15) is 10.4 Å². The van der Waals surface area contributed by atoms with E-state index < -0.39 is 0 Å². The Morgan fingerprint density at radius 2 is 1.69 bits per heavy atom. The van der Waals surface area contributed by atoms with Crippen molar-refractivity contribution in [2.45, 2.75) is 52.4 Å². The fraction of sp³-hybridized carbons (Fsp3) is 0.400. The van der Waals surface area contributed by atoms with Gasteiger partial charge in [0.1, 0.15) is 17.3 Å². The Hall–Kier alpha value is -2.94. The maximum absolute atomic E-state index is 9.55. The van der Waals surface area contributed by atoms with E-state index in [1.54, 1.807) is 0 Å². The van der Waals surface area contributed by atoms with E-state index in [9.17, 15) is 5.26 Å². The van der Waals surface area contributed by atoms with Crippen molar-refractivity contribution < 1.29 is 0 Å². The molecule has 2 aromatic heterocycles. The molecular formula is C20H24N6. The Bertz CT molecular complexity index is 1020. The molecule has 0 saturated heterocycles. The molecule has 0 saturated carbocycles. The summed E-state index contributed by atoms with van der Waals surface area (Å²) >= 11 is 0. The first-order valence-corrected chi connectivity index (χ1v) is 8.65. The standard InChI is InChI=1S/C20H24N6/c1-19(2,3)16-13(11-21)18(26-24-16)25-23-15-12-9-7-8-10-14(12)22-17(15)20(4,5)6/h7-10,22H,1-6H3,(H,24,26)/b25-23+. The molecule has 6 heteroatoms. The zero-order valence-electron chi connectivity index (χ0n) is 16.1. The maximum atomic E-state index is 9.55. The topological polar surface area (TPSA) is 93.0 Å². The average molecular weight is 348 g/mol. The second kappa shape index (κ2) is 6.10. The van der Waals surface area contributed by atoms with Gasteiger partial charge < -0.3 is 4.98 Å². The highest BCUT2D eigenvalue weighted by Gasteiger charge is 2.25. The SMILES string of the molecule is CC(C)(C)c1n[nH]c(/N=N/c2c(C(C)(C)C)[nH]c3ccccc23)c1C#N. The quantitative estimate of drug-likeness (QED) is 0.575. The van der Waals surface area contributed by atoms with E-state index in [0.717, 1.165) is 22.3 Å². The number of nitrogens with zero attached hydrogens (tertiary/aromatic N) is 4. The number of aromatic amines is 2. The largest absolute Gasteiger partial charge is 0.356 e. The van der Waals surface area contributed by atoms with Gasteiger partial charge in [-0.15, -0.1) is 10.2 Å². The van der Waals surface area contributed by atoms with E-state index in [-0.39, 0.29) is 10.8 Å². The number of nitriles is 1. The fourth-order valence-electron chi connectivity index (χ4n) is 2.93. The van der Waals surface area contributed by atoms with Crippen LogP contribution in [-0.4, -0.2) is 15.2 Å². The summed E-state index contributed by atoms with van der Waals surface area (Å²) in [5, 5.41) is 26.5. The molecule has 3 aromatic rings. The molecule has 0 atom stereocenters. The van der Waals surface area contributed by atoms with Crippen molar-refractivity contribution in [1.82, 2.24) is 15.2 Å². The van der Waals surface area contributed by atoms with Gasteiger partial charge in [0, 0.05) is 27.4 Å². The Labute approximate surface area is 153 Å². The van der Waals surface area contributed by atoms with Crippen LogP contribution < -0.4 is 0 Å². The van der Waals surface area contributed by atoms with Gasteiger partial charge in [0.05, 0.1) is 5.69 Å². The van der Waals surface area contributed by atoms with Gasteiger partial charge in [-0.05, 0) is 6.07 Å². The van der Waals surface area contributed by atoms with E-state index in [0.29, 0.717) is 17.1 Å². The minimum Gasteiger partial charge on any atom is -0.356 e. The molecule has 2 heterocycles. The smallest absolute Gasteiger partial charge is 0.188 e. The van der Waals surface area contributed by atoms with Crippen LogP contribution in [0.15, 0.2) is 34.5 Å². The Balaban J connectivity index is 2.13. The monoisotopic (exact) mass is 348 g/mol. The van der Waals surface area contributed by atoms with Crippen LogP contribution in [0.5, 0.6) is 0 Å². The third kappa shape index (κ3) is 3.13. The van der Waals surface area contributed by atoms with Crippen molar-refractivity contribution in [3.63, 3.8) is 0 Å². The summed E-state index contributed by atoms with van der Waals surface area (Å²) in [5.74, 6) is 0.391. The van der Waals surface area contributed by atoms with Gasteiger partial charge in [0.15, 0.2) is 5.82 Å². The highest BCUT2D eigenvalue weighted by Crippen LogP contribution is 2.39. The van der Waals surface area contributed by atoms with Crippen LogP contribution in [0.1, 0.15) is 58.5 Å². The molecule has 0 aliphatic carbocycles. The first kappa shape index (κ1) is 17.9. The van der Waals surface area contributed by atoms with E-state index in [1.165, 1.54) is 0 Å². The first-order valence-electron chi connectivity index (χ1n) is 8.65. The number of aromatic nitrogens is 3. The van der Waals surface area contributed by atoms with Crippen molar-refractivity contribution >= 4 is 22.4 Å². The molecule has 0 aliphatic rings. The van der Waals surface area contributed by atoms with Crippen LogP contribution >= 0.6 is 0 Å². The lowest BCUT2D eigenvalue weighted by Crippen LogP contribution is -2.13. The first-order chi connectivity index (χ1) is 12.1. The molecule has 0 spiro atoms. The number of nitrogens with one attached hydrogen (secondary N) is 2. The van der Waals surface area contributed by atoms with Crippen molar-refractivity contribution in [1.29, 1.82) is 5.26 Å². The summed E-state index contributed by atoms with van der Waals surface area (Å²) in [4.78, 5) is 3.45. The average Bonchev–Trinajstić information content (AvgIpc) is 3.13. The van der Waals surface area contributed by atoms with Gasteiger partial charge in [-0.3, -0.25) is 5.10 Å². The van der Waals surface area contributed by atoms with Crippen molar-refractivity contribution in [2.75, 3.05) is 0 Å². The molecule has 2 N–H and O–H groups in total. The van der Waals surface area contributed by atoms with Crippen molar-refractivity contribution in [2.24, 2.45) is 10.2 Å². The molecular weight excluding hydrogens is 324 g/mol. The van der Waals surface area contributed by atoms with Crippen LogP contribution in [0.4, 0.5) is 11.5 Å². The summed E-state index contributed by atoms with van der Waals surface area (Å²) in [7, 11) is 0. The minimum absolute atomic E-state index is 0.115. The lowest BCUT2D eigenvalue weighted by Gasteiger charge is -2.17. The van der Waals surface area contributed by atoms with Crippen LogP contribution in [0.2, 0.25) is 0 Å². The van der Waals surface area contributed by atoms with E-state index in [4.69, 9.17) is 0 Å². The lowest BCUT2D eigenvalue weighted by atomic mass is 9.90. The number of hydrogen-bond acceptors (Lipinski definition) is 4. The number of hydrogen-bond donors (Lipinski definition) is 2. The molecule has 0 aliphatic heterocycles. The second-order valence-electron chi connectivity index (χ2n) is 8.50. The van der Waals surface area contributed by atoms with Gasteiger partial charge >= 0.3 is 0 Å². The predicted octanol–water partition coefficient (Wildman–Crippen LogP) is 5.77. The molecule has 0 unspecified atom stereocenters. The van der Waals surface area contributed by atoms with Crippen LogP contribution in [0.3, 0.4) is 0 Å². The fourth-order valence-corrected chi connectivity index (χ4v) is 2.93. The molecule has 134 valence electrons. The lowest BCUT2D eigenvalue weighted by molar-refractivity contribution is 0.565. The Morgan fingerprint density at radius 1 is 1.00 bits per heavy atom.